The van der Waals surface area contributed by atoms with Gasteiger partial charge in [-0.2, -0.15) is 0 Å². The molecular weight excluding hydrogens is 478 g/mol. The normalized spacial score (nSPS) is 18.1. The van der Waals surface area contributed by atoms with Crippen LogP contribution in [-0.4, -0.2) is 39.3 Å². The van der Waals surface area contributed by atoms with Crippen molar-refractivity contribution in [2.75, 3.05) is 5.32 Å². The molecule has 0 radical (unpaired) electrons. The topological polar surface area (TPSA) is 107 Å². The van der Waals surface area contributed by atoms with E-state index >= 15 is 0 Å². The number of hydrogen-bond donors (Lipinski definition) is 4. The van der Waals surface area contributed by atoms with Gasteiger partial charge in [0.25, 0.3) is 0 Å². The number of carbonyl (C=O) groups excluding carboxylic acids is 2. The average Bonchev–Trinajstić information content (AvgIpc) is 3.38. The molecule has 0 spiro atoms. The lowest BCUT2D eigenvalue weighted by atomic mass is 10.1. The Hall–Kier alpha value is -4.69. The Kier molecular flexibility index (Phi) is 6.01. The van der Waals surface area contributed by atoms with Crippen molar-refractivity contribution in [2.45, 2.75) is 31.8 Å². The lowest BCUT2D eigenvalue weighted by Gasteiger charge is -2.21. The van der Waals surface area contributed by atoms with Crippen LogP contribution in [0.15, 0.2) is 91.0 Å². The summed E-state index contributed by atoms with van der Waals surface area (Å²) in [6.45, 7) is 1.89. The highest BCUT2D eigenvalue weighted by Gasteiger charge is 2.35. The Morgan fingerprint density at radius 2 is 1.55 bits per heavy atom. The molecule has 0 bridgehead atoms. The molecule has 1 aliphatic heterocycles. The van der Waals surface area contributed by atoms with Crippen LogP contribution in [0.4, 0.5) is 15.3 Å². The van der Waals surface area contributed by atoms with Crippen LogP contribution in [-0.2, 0) is 6.54 Å². The van der Waals surface area contributed by atoms with Gasteiger partial charge in [0.1, 0.15) is 0 Å². The van der Waals surface area contributed by atoms with Crippen molar-refractivity contribution in [3.05, 3.63) is 108 Å². The SMILES string of the molecule is CC1NC(=O)N(Cc2ccc(NC(=O)NC3c4ccccc4-c4ccccc43)c(-c3ccccc3)n2)C1O. The number of aromatic nitrogens is 1. The fourth-order valence-corrected chi connectivity index (χ4v) is 5.19. The number of nitrogens with zero attached hydrogens (tertiary/aromatic N) is 2. The highest BCUT2D eigenvalue weighted by molar-refractivity contribution is 5.95. The maximum absolute atomic E-state index is 13.3. The molecule has 190 valence electrons. The molecule has 6 rings (SSSR count). The maximum Gasteiger partial charge on any atom is 0.320 e. The van der Waals surface area contributed by atoms with Gasteiger partial charge >= 0.3 is 12.1 Å². The van der Waals surface area contributed by atoms with E-state index < -0.39 is 6.23 Å². The van der Waals surface area contributed by atoms with Crippen LogP contribution < -0.4 is 16.0 Å². The van der Waals surface area contributed by atoms with Gasteiger partial charge in [0, 0.05) is 5.56 Å². The van der Waals surface area contributed by atoms with Crippen LogP contribution in [0.3, 0.4) is 0 Å². The summed E-state index contributed by atoms with van der Waals surface area (Å²) in [5, 5.41) is 19.2. The van der Waals surface area contributed by atoms with Gasteiger partial charge < -0.3 is 21.1 Å². The smallest absolute Gasteiger partial charge is 0.320 e. The Morgan fingerprint density at radius 3 is 2.18 bits per heavy atom. The number of urea groups is 2. The zero-order chi connectivity index (χ0) is 26.2. The fraction of sp³-hybridized carbons (Fsp3) is 0.167. The first-order chi connectivity index (χ1) is 18.5. The largest absolute Gasteiger partial charge is 0.371 e. The number of pyridine rings is 1. The minimum Gasteiger partial charge on any atom is -0.371 e. The van der Waals surface area contributed by atoms with Crippen molar-refractivity contribution in [3.8, 4) is 22.4 Å². The Balaban J connectivity index is 1.28. The van der Waals surface area contributed by atoms with Gasteiger partial charge in [0.15, 0.2) is 6.23 Å². The molecule has 1 aliphatic carbocycles. The molecule has 1 fully saturated rings. The van der Waals surface area contributed by atoms with Crippen molar-refractivity contribution < 1.29 is 14.7 Å². The van der Waals surface area contributed by atoms with Crippen LogP contribution in [0.1, 0.15) is 29.8 Å². The molecule has 38 heavy (non-hydrogen) atoms. The summed E-state index contributed by atoms with van der Waals surface area (Å²) >= 11 is 0. The molecule has 0 saturated carbocycles. The third kappa shape index (κ3) is 4.25. The lowest BCUT2D eigenvalue weighted by molar-refractivity contribution is 0.0402. The molecule has 2 heterocycles. The third-order valence-electron chi connectivity index (χ3n) is 7.07. The summed E-state index contributed by atoms with van der Waals surface area (Å²) in [6.07, 6.45) is -0.940. The zero-order valence-corrected chi connectivity index (χ0v) is 20.8. The maximum atomic E-state index is 13.3. The predicted octanol–water partition coefficient (Wildman–Crippen LogP) is 4.87. The van der Waals surface area contributed by atoms with Crippen molar-refractivity contribution in [1.29, 1.82) is 0 Å². The number of hydrogen-bond acceptors (Lipinski definition) is 4. The van der Waals surface area contributed by atoms with Crippen LogP contribution in [0, 0.1) is 0 Å². The van der Waals surface area contributed by atoms with Gasteiger partial charge in [0.05, 0.1) is 35.7 Å². The zero-order valence-electron chi connectivity index (χ0n) is 20.8. The van der Waals surface area contributed by atoms with Crippen LogP contribution in [0.2, 0.25) is 0 Å². The molecule has 8 nitrogen and oxygen atoms in total. The monoisotopic (exact) mass is 505 g/mol. The number of carbonyl (C=O) groups is 2. The first kappa shape index (κ1) is 23.7. The van der Waals surface area contributed by atoms with E-state index in [-0.39, 0.29) is 30.7 Å². The second kappa shape index (κ2) is 9.64. The number of amides is 4. The lowest BCUT2D eigenvalue weighted by Crippen LogP contribution is -2.35. The second-order valence-electron chi connectivity index (χ2n) is 9.55. The Bertz CT molecular complexity index is 1480. The van der Waals surface area contributed by atoms with E-state index in [0.29, 0.717) is 17.1 Å². The van der Waals surface area contributed by atoms with Gasteiger partial charge in [-0.25, -0.2) is 14.6 Å². The van der Waals surface area contributed by atoms with E-state index in [1.165, 1.54) is 4.90 Å². The first-order valence-corrected chi connectivity index (χ1v) is 12.6. The number of rotatable bonds is 5. The number of nitrogens with one attached hydrogen (secondary N) is 3. The third-order valence-corrected chi connectivity index (χ3v) is 7.07. The van der Waals surface area contributed by atoms with Crippen molar-refractivity contribution >= 4 is 17.7 Å². The number of aliphatic hydroxyl groups is 1. The molecule has 1 aromatic heterocycles. The average molecular weight is 506 g/mol. The standard InChI is InChI=1S/C30H27N5O3/c1-18-28(36)35(30(38)31-18)17-20-15-16-25(26(32-20)19-9-3-2-4-10-19)33-29(37)34-27-23-13-7-5-11-21(23)22-12-6-8-14-24(22)27/h2-16,18,27-28,36H,17H2,1H3,(H,31,38)(H2,33,34,37). The molecule has 3 aromatic carbocycles. The Labute approximate surface area is 220 Å². The fourth-order valence-electron chi connectivity index (χ4n) is 5.19. The number of aliphatic hydroxyl groups excluding tert-OH is 1. The van der Waals surface area contributed by atoms with E-state index in [2.05, 4.69) is 28.1 Å². The summed E-state index contributed by atoms with van der Waals surface area (Å²) < 4.78 is 0. The van der Waals surface area contributed by atoms with E-state index in [1.807, 2.05) is 66.7 Å². The van der Waals surface area contributed by atoms with Crippen molar-refractivity contribution in [1.82, 2.24) is 20.5 Å². The van der Waals surface area contributed by atoms with Gasteiger partial charge in [0.2, 0.25) is 0 Å². The molecule has 2 atom stereocenters. The van der Waals surface area contributed by atoms with Crippen LogP contribution in [0.25, 0.3) is 22.4 Å². The van der Waals surface area contributed by atoms with Gasteiger partial charge in [-0.15, -0.1) is 0 Å². The van der Waals surface area contributed by atoms with Crippen LogP contribution >= 0.6 is 0 Å². The highest BCUT2D eigenvalue weighted by atomic mass is 16.3. The Morgan fingerprint density at radius 1 is 0.921 bits per heavy atom. The summed E-state index contributed by atoms with van der Waals surface area (Å²) in [5.74, 6) is 0. The summed E-state index contributed by atoms with van der Waals surface area (Å²) in [4.78, 5) is 31.7. The van der Waals surface area contributed by atoms with Gasteiger partial charge in [-0.3, -0.25) is 4.90 Å². The quantitative estimate of drug-likeness (QED) is 0.310. The van der Waals surface area contributed by atoms with E-state index in [1.54, 1.807) is 19.1 Å². The van der Waals surface area contributed by atoms with E-state index in [9.17, 15) is 14.7 Å². The number of anilines is 1. The van der Waals surface area contributed by atoms with E-state index in [0.717, 1.165) is 27.8 Å². The number of benzene rings is 3. The molecule has 4 aromatic rings. The van der Waals surface area contributed by atoms with Gasteiger partial charge in [-0.05, 0) is 41.3 Å². The summed E-state index contributed by atoms with van der Waals surface area (Å²) in [6, 6.07) is 27.9. The minimum atomic E-state index is -0.940. The summed E-state index contributed by atoms with van der Waals surface area (Å²) in [7, 11) is 0. The highest BCUT2D eigenvalue weighted by Crippen LogP contribution is 2.43. The molecule has 1 saturated heterocycles. The van der Waals surface area contributed by atoms with Crippen LogP contribution in [0.5, 0.6) is 0 Å². The molecular formula is C30H27N5O3. The minimum absolute atomic E-state index is 0.138. The van der Waals surface area contributed by atoms with Crippen molar-refractivity contribution in [3.63, 3.8) is 0 Å². The summed E-state index contributed by atoms with van der Waals surface area (Å²) in [5.41, 5.74) is 6.87. The first-order valence-electron chi connectivity index (χ1n) is 12.6. The molecule has 4 N–H and O–H groups in total. The van der Waals surface area contributed by atoms with Gasteiger partial charge in [-0.1, -0.05) is 78.9 Å². The molecule has 4 amide bonds. The van der Waals surface area contributed by atoms with Crippen molar-refractivity contribution in [2.24, 2.45) is 0 Å². The molecule has 2 unspecified atom stereocenters. The number of fused-ring (bicyclic) bond motifs is 3. The molecule has 2 aliphatic rings. The van der Waals surface area contributed by atoms with E-state index in [4.69, 9.17) is 4.98 Å². The predicted molar refractivity (Wildman–Crippen MR) is 145 cm³/mol. The second-order valence-corrected chi connectivity index (χ2v) is 9.55. The molecule has 8 heteroatoms.